The van der Waals surface area contributed by atoms with Crippen molar-refractivity contribution in [1.29, 1.82) is 0 Å². The Labute approximate surface area is 148 Å². The van der Waals surface area contributed by atoms with Gasteiger partial charge in [0, 0.05) is 24.5 Å². The number of ether oxygens (including phenoxy) is 1. The molecule has 1 aliphatic rings. The van der Waals surface area contributed by atoms with Crippen LogP contribution in [0.3, 0.4) is 0 Å². The summed E-state index contributed by atoms with van der Waals surface area (Å²) >= 11 is 0. The third-order valence-corrected chi connectivity index (χ3v) is 4.11. The van der Waals surface area contributed by atoms with Gasteiger partial charge in [0.05, 0.1) is 31.1 Å². The highest BCUT2D eigenvalue weighted by molar-refractivity contribution is 5.81. The zero-order valence-electron chi connectivity index (χ0n) is 14.7. The zero-order valence-corrected chi connectivity index (χ0v) is 14.7. The Bertz CT molecular complexity index is 681. The van der Waals surface area contributed by atoms with Crippen molar-refractivity contribution in [1.82, 2.24) is 20.2 Å². The van der Waals surface area contributed by atoms with E-state index in [-0.39, 0.29) is 5.91 Å². The first-order valence-electron chi connectivity index (χ1n) is 8.58. The predicted octanol–water partition coefficient (Wildman–Crippen LogP) is 1.61. The highest BCUT2D eigenvalue weighted by atomic mass is 16.5. The van der Waals surface area contributed by atoms with Crippen LogP contribution in [0.25, 0.3) is 0 Å². The molecule has 3 heterocycles. The van der Waals surface area contributed by atoms with Gasteiger partial charge in [-0.25, -0.2) is 0 Å². The maximum atomic E-state index is 13.0. The van der Waals surface area contributed by atoms with Crippen LogP contribution in [0.4, 0.5) is 0 Å². The monoisotopic (exact) mass is 340 g/mol. The van der Waals surface area contributed by atoms with Crippen LogP contribution in [0, 0.1) is 13.8 Å². The van der Waals surface area contributed by atoms with Crippen molar-refractivity contribution in [3.05, 3.63) is 59.2 Å². The van der Waals surface area contributed by atoms with E-state index in [0.29, 0.717) is 26.2 Å². The molecular weight excluding hydrogens is 316 g/mol. The Balaban J connectivity index is 1.80. The summed E-state index contributed by atoms with van der Waals surface area (Å²) in [5.74, 6) is -0.0289. The molecule has 1 atom stereocenters. The lowest BCUT2D eigenvalue weighted by atomic mass is 10.2. The number of carbonyl (C=O) groups is 1. The van der Waals surface area contributed by atoms with Gasteiger partial charge in [0.15, 0.2) is 0 Å². The fourth-order valence-electron chi connectivity index (χ4n) is 2.91. The first-order valence-corrected chi connectivity index (χ1v) is 8.58. The fourth-order valence-corrected chi connectivity index (χ4v) is 2.91. The number of hydrogen-bond acceptors (Lipinski definition) is 5. The van der Waals surface area contributed by atoms with Gasteiger partial charge in [0.2, 0.25) is 0 Å². The maximum Gasteiger partial charge on any atom is 0.253 e. The number of nitrogens with one attached hydrogen (secondary N) is 1. The van der Waals surface area contributed by atoms with Crippen LogP contribution in [0.2, 0.25) is 0 Å². The van der Waals surface area contributed by atoms with E-state index in [4.69, 9.17) is 4.74 Å². The van der Waals surface area contributed by atoms with E-state index in [1.807, 2.05) is 50.2 Å². The van der Waals surface area contributed by atoms with E-state index >= 15 is 0 Å². The lowest BCUT2D eigenvalue weighted by Gasteiger charge is -2.29. The molecule has 1 saturated heterocycles. The van der Waals surface area contributed by atoms with Gasteiger partial charge >= 0.3 is 0 Å². The molecule has 1 fully saturated rings. The second kappa shape index (κ2) is 8.18. The Hall–Kier alpha value is -2.31. The largest absolute Gasteiger partial charge is 0.366 e. The molecule has 132 valence electrons. The molecule has 6 nitrogen and oxygen atoms in total. The fraction of sp³-hybridized carbons (Fsp3) is 0.421. The predicted molar refractivity (Wildman–Crippen MR) is 94.8 cm³/mol. The molecule has 1 unspecified atom stereocenters. The van der Waals surface area contributed by atoms with Crippen LogP contribution in [-0.4, -0.2) is 46.6 Å². The minimum atomic E-state index is -0.455. The number of nitrogens with zero attached hydrogens (tertiary/aromatic N) is 3. The quantitative estimate of drug-likeness (QED) is 0.896. The van der Waals surface area contributed by atoms with E-state index in [1.165, 1.54) is 0 Å². The summed E-state index contributed by atoms with van der Waals surface area (Å²) in [5, 5.41) is 3.21. The van der Waals surface area contributed by atoms with E-state index in [0.717, 1.165) is 29.3 Å². The standard InChI is InChI=1S/C19H24N4O2/c1-14-5-3-7-16(21-14)12-23(13-17-8-4-6-15(2)22-17)19(24)18-11-20-9-10-25-18/h3-8,18,20H,9-13H2,1-2H3. The van der Waals surface area contributed by atoms with Crippen LogP contribution in [0.15, 0.2) is 36.4 Å². The van der Waals surface area contributed by atoms with Crippen molar-refractivity contribution in [3.8, 4) is 0 Å². The average Bonchev–Trinajstić information content (AvgIpc) is 2.61. The molecule has 3 rings (SSSR count). The molecule has 0 radical (unpaired) electrons. The zero-order chi connectivity index (χ0) is 17.6. The molecule has 6 heteroatoms. The normalized spacial score (nSPS) is 17.3. The number of morpholine rings is 1. The molecule has 0 spiro atoms. The summed E-state index contributed by atoms with van der Waals surface area (Å²) in [6, 6.07) is 11.7. The molecule has 0 bridgehead atoms. The molecule has 0 aromatic carbocycles. The second-order valence-corrected chi connectivity index (χ2v) is 6.30. The lowest BCUT2D eigenvalue weighted by Crippen LogP contribution is -2.49. The number of amides is 1. The van der Waals surface area contributed by atoms with Crippen LogP contribution in [-0.2, 0) is 22.6 Å². The van der Waals surface area contributed by atoms with Gasteiger partial charge in [0.25, 0.3) is 5.91 Å². The van der Waals surface area contributed by atoms with Crippen molar-refractivity contribution in [2.75, 3.05) is 19.7 Å². The topological polar surface area (TPSA) is 67.4 Å². The van der Waals surface area contributed by atoms with Gasteiger partial charge in [-0.05, 0) is 38.1 Å². The number of carbonyl (C=O) groups excluding carboxylic acids is 1. The lowest BCUT2D eigenvalue weighted by molar-refractivity contribution is -0.146. The van der Waals surface area contributed by atoms with Gasteiger partial charge in [-0.1, -0.05) is 12.1 Å². The summed E-state index contributed by atoms with van der Waals surface area (Å²) in [7, 11) is 0. The molecule has 2 aromatic heterocycles. The smallest absolute Gasteiger partial charge is 0.253 e. The Kier molecular flexibility index (Phi) is 5.73. The summed E-state index contributed by atoms with van der Waals surface area (Å²) < 4.78 is 5.65. The Morgan fingerprint density at radius 3 is 2.20 bits per heavy atom. The van der Waals surface area contributed by atoms with Crippen molar-refractivity contribution in [3.63, 3.8) is 0 Å². The molecule has 2 aromatic rings. The first kappa shape index (κ1) is 17.5. The number of rotatable bonds is 5. The molecule has 1 aliphatic heterocycles. The van der Waals surface area contributed by atoms with Gasteiger partial charge in [0.1, 0.15) is 6.10 Å². The van der Waals surface area contributed by atoms with Crippen molar-refractivity contribution < 1.29 is 9.53 Å². The van der Waals surface area contributed by atoms with E-state index < -0.39 is 6.10 Å². The highest BCUT2D eigenvalue weighted by Crippen LogP contribution is 2.12. The molecule has 0 saturated carbocycles. The van der Waals surface area contributed by atoms with Gasteiger partial charge in [-0.3, -0.25) is 14.8 Å². The molecular formula is C19H24N4O2. The number of hydrogen-bond donors (Lipinski definition) is 1. The maximum absolute atomic E-state index is 13.0. The minimum absolute atomic E-state index is 0.0289. The van der Waals surface area contributed by atoms with Crippen molar-refractivity contribution in [2.24, 2.45) is 0 Å². The van der Waals surface area contributed by atoms with Gasteiger partial charge in [-0.2, -0.15) is 0 Å². The van der Waals surface area contributed by atoms with E-state index in [9.17, 15) is 4.79 Å². The third-order valence-electron chi connectivity index (χ3n) is 4.11. The van der Waals surface area contributed by atoms with Gasteiger partial charge < -0.3 is 15.0 Å². The van der Waals surface area contributed by atoms with Crippen molar-refractivity contribution in [2.45, 2.75) is 33.0 Å². The number of pyridine rings is 2. The van der Waals surface area contributed by atoms with E-state index in [2.05, 4.69) is 15.3 Å². The van der Waals surface area contributed by atoms with E-state index in [1.54, 1.807) is 4.90 Å². The Morgan fingerprint density at radius 2 is 1.72 bits per heavy atom. The first-order chi connectivity index (χ1) is 12.1. The number of aromatic nitrogens is 2. The molecule has 1 amide bonds. The van der Waals surface area contributed by atoms with Gasteiger partial charge in [-0.15, -0.1) is 0 Å². The van der Waals surface area contributed by atoms with Crippen LogP contribution in [0.5, 0.6) is 0 Å². The summed E-state index contributed by atoms with van der Waals surface area (Å²) in [5.41, 5.74) is 3.61. The molecule has 0 aliphatic carbocycles. The van der Waals surface area contributed by atoms with Crippen LogP contribution in [0.1, 0.15) is 22.8 Å². The SMILES string of the molecule is Cc1cccc(CN(Cc2cccc(C)n2)C(=O)C2CNCCO2)n1. The van der Waals surface area contributed by atoms with Crippen molar-refractivity contribution >= 4 is 5.91 Å². The molecule has 25 heavy (non-hydrogen) atoms. The van der Waals surface area contributed by atoms with Crippen LogP contribution >= 0.6 is 0 Å². The average molecular weight is 340 g/mol. The third kappa shape index (κ3) is 4.84. The summed E-state index contributed by atoms with van der Waals surface area (Å²) in [4.78, 5) is 23.8. The Morgan fingerprint density at radius 1 is 1.12 bits per heavy atom. The molecule has 1 N–H and O–H groups in total. The second-order valence-electron chi connectivity index (χ2n) is 6.30. The number of aryl methyl sites for hydroxylation is 2. The minimum Gasteiger partial charge on any atom is -0.366 e. The van der Waals surface area contributed by atoms with Crippen LogP contribution < -0.4 is 5.32 Å². The summed E-state index contributed by atoms with van der Waals surface area (Å²) in [6.07, 6.45) is -0.455. The summed E-state index contributed by atoms with van der Waals surface area (Å²) in [6.45, 7) is 6.65. The highest BCUT2D eigenvalue weighted by Gasteiger charge is 2.27.